The summed E-state index contributed by atoms with van der Waals surface area (Å²) in [7, 11) is 3.47. The Balaban J connectivity index is 2.13. The number of benzene rings is 2. The molecule has 0 fully saturated rings. The van der Waals surface area contributed by atoms with Gasteiger partial charge < -0.3 is 4.74 Å². The highest BCUT2D eigenvalue weighted by Crippen LogP contribution is 2.23. The van der Waals surface area contributed by atoms with Gasteiger partial charge in [0.2, 0.25) is 0 Å². The fourth-order valence-corrected chi connectivity index (χ4v) is 2.31. The van der Waals surface area contributed by atoms with Crippen LogP contribution in [0.1, 0.15) is 16.7 Å². The molecule has 0 N–H and O–H groups in total. The molecule has 2 aromatic carbocycles. The van der Waals surface area contributed by atoms with Gasteiger partial charge in [0.1, 0.15) is 12.4 Å². The largest absolute Gasteiger partial charge is 0.489 e. The van der Waals surface area contributed by atoms with Crippen LogP contribution in [0.15, 0.2) is 55.1 Å². The molecular formula is C16H14NO3Si. The number of nitrogens with zero attached hydrogens (tertiary/aromatic N) is 1. The Bertz CT molecular complexity index is 670. The molecule has 0 saturated heterocycles. The summed E-state index contributed by atoms with van der Waals surface area (Å²) in [5, 5.41) is 11.0. The second kappa shape index (κ2) is 6.85. The lowest BCUT2D eigenvalue weighted by Gasteiger charge is -2.12. The number of nitro groups is 1. The minimum absolute atomic E-state index is 0.0544. The Hall–Kier alpha value is -2.40. The average molecular weight is 296 g/mol. The van der Waals surface area contributed by atoms with Crippen molar-refractivity contribution in [1.29, 1.82) is 0 Å². The Kier molecular flexibility index (Phi) is 4.89. The molecule has 0 amide bonds. The second-order valence-electron chi connectivity index (χ2n) is 4.43. The fraction of sp³-hybridized carbons (Fsp3) is 0.125. The van der Waals surface area contributed by atoms with Crippen LogP contribution in [0.2, 0.25) is 0 Å². The van der Waals surface area contributed by atoms with Gasteiger partial charge in [-0.05, 0) is 17.7 Å². The topological polar surface area (TPSA) is 52.4 Å². The monoisotopic (exact) mass is 296 g/mol. The zero-order chi connectivity index (χ0) is 15.2. The lowest BCUT2D eigenvalue weighted by atomic mass is 10.1. The summed E-state index contributed by atoms with van der Waals surface area (Å²) in [4.78, 5) is 10.5. The maximum Gasteiger partial charge on any atom is 0.276 e. The molecule has 0 unspecified atom stereocenters. The van der Waals surface area contributed by atoms with E-state index in [0.717, 1.165) is 11.1 Å². The van der Waals surface area contributed by atoms with Crippen molar-refractivity contribution < 1.29 is 9.66 Å². The summed E-state index contributed by atoms with van der Waals surface area (Å²) >= 11 is 0. The zero-order valence-corrected chi connectivity index (χ0v) is 12.4. The first kappa shape index (κ1) is 15.0. The quantitative estimate of drug-likeness (QED) is 0.355. The molecule has 0 bridgehead atoms. The summed E-state index contributed by atoms with van der Waals surface area (Å²) in [5.74, 6) is 0.502. The van der Waals surface area contributed by atoms with Crippen LogP contribution in [0.25, 0.3) is 5.76 Å². The van der Waals surface area contributed by atoms with Gasteiger partial charge in [0.15, 0.2) is 0 Å². The molecule has 2 rings (SSSR count). The maximum atomic E-state index is 11.0. The summed E-state index contributed by atoms with van der Waals surface area (Å²) in [6.45, 7) is 4.03. The van der Waals surface area contributed by atoms with E-state index in [1.54, 1.807) is 18.2 Å². The van der Waals surface area contributed by atoms with E-state index in [1.807, 2.05) is 24.3 Å². The van der Waals surface area contributed by atoms with E-state index in [0.29, 0.717) is 17.4 Å². The summed E-state index contributed by atoms with van der Waals surface area (Å²) in [6.07, 6.45) is 0. The van der Waals surface area contributed by atoms with Crippen molar-refractivity contribution in [1.82, 2.24) is 0 Å². The zero-order valence-electron chi connectivity index (χ0n) is 11.4. The van der Waals surface area contributed by atoms with Crippen molar-refractivity contribution in [3.8, 4) is 0 Å². The normalized spacial score (nSPS) is 10.1. The van der Waals surface area contributed by atoms with Crippen molar-refractivity contribution in [2.24, 2.45) is 0 Å². The van der Waals surface area contributed by atoms with Gasteiger partial charge in [0, 0.05) is 21.9 Å². The minimum atomic E-state index is -0.409. The highest BCUT2D eigenvalue weighted by Gasteiger charge is 2.13. The van der Waals surface area contributed by atoms with Crippen LogP contribution in [0.5, 0.6) is 0 Å². The molecule has 2 aromatic rings. The molecule has 21 heavy (non-hydrogen) atoms. The third-order valence-electron chi connectivity index (χ3n) is 3.10. The highest BCUT2D eigenvalue weighted by molar-refractivity contribution is 6.08. The second-order valence-corrected chi connectivity index (χ2v) is 4.79. The summed E-state index contributed by atoms with van der Waals surface area (Å²) in [5.41, 5.74) is 2.53. The molecule has 4 nitrogen and oxygen atoms in total. The van der Waals surface area contributed by atoms with Gasteiger partial charge in [-0.2, -0.15) is 0 Å². The Morgan fingerprint density at radius 3 is 2.43 bits per heavy atom. The standard InChI is InChI=1S/C16H14NO3Si/c1-12(15-8-4-2-7-14(15)11-21)20-10-13-6-3-5-9-16(13)17(18)19/h2-9H,1,10-11H2. The number of rotatable bonds is 6. The van der Waals surface area contributed by atoms with E-state index in [1.165, 1.54) is 6.07 Å². The van der Waals surface area contributed by atoms with Gasteiger partial charge >= 0.3 is 0 Å². The van der Waals surface area contributed by atoms with Crippen molar-refractivity contribution >= 4 is 21.7 Å². The van der Waals surface area contributed by atoms with Gasteiger partial charge in [0.25, 0.3) is 5.69 Å². The summed E-state index contributed by atoms with van der Waals surface area (Å²) in [6, 6.07) is 14.9. The predicted octanol–water partition coefficient (Wildman–Crippen LogP) is 3.45. The Morgan fingerprint density at radius 2 is 1.76 bits per heavy atom. The number of hydrogen-bond donors (Lipinski definition) is 0. The van der Waals surface area contributed by atoms with Gasteiger partial charge in [-0.15, -0.1) is 0 Å². The minimum Gasteiger partial charge on any atom is -0.489 e. The molecular weight excluding hydrogens is 282 g/mol. The van der Waals surface area contributed by atoms with E-state index in [-0.39, 0.29) is 12.3 Å². The molecule has 105 valence electrons. The molecule has 3 radical (unpaired) electrons. The van der Waals surface area contributed by atoms with Gasteiger partial charge in [-0.3, -0.25) is 10.1 Å². The number of hydrogen-bond acceptors (Lipinski definition) is 3. The van der Waals surface area contributed by atoms with Gasteiger partial charge in [-0.25, -0.2) is 0 Å². The summed E-state index contributed by atoms with van der Waals surface area (Å²) < 4.78 is 5.63. The van der Waals surface area contributed by atoms with Crippen LogP contribution in [0.4, 0.5) is 5.69 Å². The van der Waals surface area contributed by atoms with Gasteiger partial charge in [0.05, 0.1) is 10.5 Å². The molecule has 0 aliphatic carbocycles. The highest BCUT2D eigenvalue weighted by atomic mass is 28.1. The van der Waals surface area contributed by atoms with Crippen molar-refractivity contribution in [3.05, 3.63) is 81.9 Å². The molecule has 5 heteroatoms. The van der Waals surface area contributed by atoms with E-state index < -0.39 is 4.92 Å². The van der Waals surface area contributed by atoms with Crippen molar-refractivity contribution in [2.45, 2.75) is 12.7 Å². The van der Waals surface area contributed by atoms with Crippen LogP contribution in [0, 0.1) is 10.1 Å². The molecule has 0 atom stereocenters. The first-order valence-corrected chi connectivity index (χ1v) is 7.11. The van der Waals surface area contributed by atoms with E-state index in [2.05, 4.69) is 16.8 Å². The molecule has 0 spiro atoms. The first-order chi connectivity index (χ1) is 10.1. The van der Waals surface area contributed by atoms with Crippen LogP contribution in [0.3, 0.4) is 0 Å². The smallest absolute Gasteiger partial charge is 0.276 e. The van der Waals surface area contributed by atoms with Crippen LogP contribution >= 0.6 is 0 Å². The lowest BCUT2D eigenvalue weighted by Crippen LogP contribution is -2.00. The molecule has 0 aliphatic heterocycles. The molecule has 0 saturated carbocycles. The number of nitro benzene ring substituents is 1. The van der Waals surface area contributed by atoms with E-state index in [9.17, 15) is 10.1 Å². The fourth-order valence-electron chi connectivity index (χ4n) is 2.00. The van der Waals surface area contributed by atoms with Gasteiger partial charge in [-0.1, -0.05) is 43.0 Å². The molecule has 0 aliphatic rings. The van der Waals surface area contributed by atoms with Crippen LogP contribution in [-0.4, -0.2) is 15.2 Å². The third-order valence-corrected chi connectivity index (χ3v) is 3.48. The Labute approximate surface area is 126 Å². The third kappa shape index (κ3) is 3.58. The van der Waals surface area contributed by atoms with Crippen LogP contribution in [-0.2, 0) is 17.4 Å². The first-order valence-electron chi connectivity index (χ1n) is 6.40. The van der Waals surface area contributed by atoms with Crippen molar-refractivity contribution in [3.63, 3.8) is 0 Å². The number of para-hydroxylation sites is 1. The lowest BCUT2D eigenvalue weighted by molar-refractivity contribution is -0.385. The maximum absolute atomic E-state index is 11.0. The van der Waals surface area contributed by atoms with E-state index in [4.69, 9.17) is 4.74 Å². The molecule has 0 heterocycles. The average Bonchev–Trinajstić information content (AvgIpc) is 2.52. The van der Waals surface area contributed by atoms with E-state index >= 15 is 0 Å². The number of ether oxygens (including phenoxy) is 1. The molecule has 0 aromatic heterocycles. The SMILES string of the molecule is C=C(OCc1ccccc1[N+](=O)[O-])c1ccccc1C[Si]. The Morgan fingerprint density at radius 1 is 1.14 bits per heavy atom. The predicted molar refractivity (Wildman–Crippen MR) is 82.8 cm³/mol. The van der Waals surface area contributed by atoms with Crippen LogP contribution < -0.4 is 0 Å². The van der Waals surface area contributed by atoms with Crippen molar-refractivity contribution in [2.75, 3.05) is 0 Å².